The number of benzene rings is 1. The molecular weight excluding hydrogens is 290 g/mol. The quantitative estimate of drug-likeness (QED) is 0.421. The van der Waals surface area contributed by atoms with Crippen molar-refractivity contribution in [1.29, 1.82) is 0 Å². The minimum Gasteiger partial charge on any atom is -0.493 e. The van der Waals surface area contributed by atoms with E-state index in [0.717, 1.165) is 12.8 Å². The highest BCUT2D eigenvalue weighted by Gasteiger charge is 2.11. The number of hydrazine groups is 1. The maximum absolute atomic E-state index is 11.9. The van der Waals surface area contributed by atoms with Gasteiger partial charge in [-0.2, -0.15) is 0 Å². The summed E-state index contributed by atoms with van der Waals surface area (Å²) in [5, 5.41) is 3.02. The van der Waals surface area contributed by atoms with Crippen molar-refractivity contribution < 1.29 is 14.3 Å². The van der Waals surface area contributed by atoms with Crippen LogP contribution in [0.25, 0.3) is 0 Å². The highest BCUT2D eigenvalue weighted by Crippen LogP contribution is 2.28. The van der Waals surface area contributed by atoms with E-state index in [1.807, 2.05) is 0 Å². The molecule has 0 aromatic heterocycles. The molecule has 116 valence electrons. The van der Waals surface area contributed by atoms with Crippen LogP contribution in [0.3, 0.4) is 0 Å². The second kappa shape index (κ2) is 9.02. The van der Waals surface area contributed by atoms with Crippen molar-refractivity contribution >= 4 is 23.2 Å². The lowest BCUT2D eigenvalue weighted by Gasteiger charge is -2.13. The summed E-state index contributed by atoms with van der Waals surface area (Å²) in [5.74, 6) is 0.835. The molecule has 0 atom stereocenters. The molecule has 7 heteroatoms. The summed E-state index contributed by atoms with van der Waals surface area (Å²) in [6.07, 6.45) is 2.02. The maximum atomic E-state index is 11.9. The van der Waals surface area contributed by atoms with E-state index in [1.165, 1.54) is 7.11 Å². The Morgan fingerprint density at radius 3 is 2.67 bits per heavy atom. The Kier molecular flexibility index (Phi) is 7.31. The van der Waals surface area contributed by atoms with Crippen molar-refractivity contribution in [1.82, 2.24) is 16.2 Å². The van der Waals surface area contributed by atoms with E-state index in [0.29, 0.717) is 28.8 Å². The van der Waals surface area contributed by atoms with E-state index >= 15 is 0 Å². The summed E-state index contributed by atoms with van der Waals surface area (Å²) in [6, 6.07) is 5.02. The standard InChI is InChI=1S/C14H21N3O3S/c1-4-5-8-20-11-7-6-10(9-12(11)19-3)13(18)16-17-14(21)15-2/h6-7,9H,4-5,8H2,1-3H3,(H,16,18)(H2,15,17,21). The summed E-state index contributed by atoms with van der Waals surface area (Å²) in [5.41, 5.74) is 5.50. The molecule has 0 fully saturated rings. The first-order valence-corrected chi connectivity index (χ1v) is 7.12. The number of carbonyl (C=O) groups is 1. The molecule has 0 aliphatic heterocycles. The molecule has 0 unspecified atom stereocenters. The summed E-state index contributed by atoms with van der Waals surface area (Å²) in [7, 11) is 3.20. The van der Waals surface area contributed by atoms with E-state index < -0.39 is 0 Å². The van der Waals surface area contributed by atoms with E-state index in [9.17, 15) is 4.79 Å². The summed E-state index contributed by atoms with van der Waals surface area (Å²) < 4.78 is 10.9. The maximum Gasteiger partial charge on any atom is 0.269 e. The van der Waals surface area contributed by atoms with E-state index in [-0.39, 0.29) is 5.91 Å². The average Bonchev–Trinajstić information content (AvgIpc) is 2.52. The number of amides is 1. The van der Waals surface area contributed by atoms with Crippen LogP contribution in [0.2, 0.25) is 0 Å². The molecule has 1 amide bonds. The molecule has 21 heavy (non-hydrogen) atoms. The molecular formula is C14H21N3O3S. The summed E-state index contributed by atoms with van der Waals surface area (Å²) in [4.78, 5) is 11.9. The second-order valence-electron chi connectivity index (χ2n) is 4.23. The SMILES string of the molecule is CCCCOc1ccc(C(=O)NNC(=S)NC)cc1OC. The molecule has 1 aromatic rings. The van der Waals surface area contributed by atoms with E-state index in [1.54, 1.807) is 25.2 Å². The number of thiocarbonyl (C=S) groups is 1. The van der Waals surface area contributed by atoms with E-state index in [2.05, 4.69) is 23.1 Å². The van der Waals surface area contributed by atoms with Gasteiger partial charge in [0.15, 0.2) is 16.6 Å². The second-order valence-corrected chi connectivity index (χ2v) is 4.63. The van der Waals surface area contributed by atoms with Crippen molar-refractivity contribution in [3.05, 3.63) is 23.8 Å². The van der Waals surface area contributed by atoms with Crippen LogP contribution in [0, 0.1) is 0 Å². The van der Waals surface area contributed by atoms with Gasteiger partial charge >= 0.3 is 0 Å². The van der Waals surface area contributed by atoms with Crippen molar-refractivity contribution in [2.75, 3.05) is 20.8 Å². The van der Waals surface area contributed by atoms with Gasteiger partial charge in [-0.1, -0.05) is 13.3 Å². The van der Waals surface area contributed by atoms with Crippen LogP contribution in [0.5, 0.6) is 11.5 Å². The summed E-state index contributed by atoms with van der Waals surface area (Å²) >= 11 is 4.87. The molecule has 0 spiro atoms. The Morgan fingerprint density at radius 1 is 1.29 bits per heavy atom. The molecule has 0 radical (unpaired) electrons. The Morgan fingerprint density at radius 2 is 2.05 bits per heavy atom. The van der Waals surface area contributed by atoms with Crippen molar-refractivity contribution in [3.63, 3.8) is 0 Å². The lowest BCUT2D eigenvalue weighted by Crippen LogP contribution is -2.45. The van der Waals surface area contributed by atoms with Gasteiger partial charge in [-0.3, -0.25) is 15.6 Å². The van der Waals surface area contributed by atoms with Gasteiger partial charge in [0.1, 0.15) is 0 Å². The molecule has 0 saturated carbocycles. The number of ether oxygens (including phenoxy) is 2. The zero-order valence-electron chi connectivity index (χ0n) is 12.5. The average molecular weight is 311 g/mol. The Hall–Kier alpha value is -2.02. The fraction of sp³-hybridized carbons (Fsp3) is 0.429. The van der Waals surface area contributed by atoms with E-state index in [4.69, 9.17) is 21.7 Å². The van der Waals surface area contributed by atoms with Crippen LogP contribution in [0.15, 0.2) is 18.2 Å². The lowest BCUT2D eigenvalue weighted by molar-refractivity contribution is 0.0943. The monoisotopic (exact) mass is 311 g/mol. The number of carbonyl (C=O) groups excluding carboxylic acids is 1. The molecule has 0 aliphatic carbocycles. The Balaban J connectivity index is 2.71. The molecule has 1 rings (SSSR count). The van der Waals surface area contributed by atoms with Gasteiger partial charge in [-0.05, 0) is 36.8 Å². The van der Waals surface area contributed by atoms with Crippen LogP contribution in [-0.4, -0.2) is 31.8 Å². The zero-order chi connectivity index (χ0) is 15.7. The molecule has 3 N–H and O–H groups in total. The predicted octanol–water partition coefficient (Wildman–Crippen LogP) is 1.61. The van der Waals surface area contributed by atoms with Crippen molar-refractivity contribution in [2.24, 2.45) is 0 Å². The molecule has 6 nitrogen and oxygen atoms in total. The van der Waals surface area contributed by atoms with Gasteiger partial charge in [0.05, 0.1) is 13.7 Å². The molecule has 0 bridgehead atoms. The van der Waals surface area contributed by atoms with Crippen LogP contribution < -0.4 is 25.6 Å². The number of methoxy groups -OCH3 is 1. The normalized spacial score (nSPS) is 9.67. The third-order valence-corrected chi connectivity index (χ3v) is 3.00. The first kappa shape index (κ1) is 17.0. The first-order valence-electron chi connectivity index (χ1n) is 6.71. The van der Waals surface area contributed by atoms with Gasteiger partial charge < -0.3 is 14.8 Å². The summed E-state index contributed by atoms with van der Waals surface area (Å²) in [6.45, 7) is 2.72. The topological polar surface area (TPSA) is 71.6 Å². The number of rotatable bonds is 6. The van der Waals surface area contributed by atoms with Gasteiger partial charge in [-0.15, -0.1) is 0 Å². The third-order valence-electron chi connectivity index (χ3n) is 2.70. The fourth-order valence-electron chi connectivity index (χ4n) is 1.50. The number of unbranched alkanes of at least 4 members (excludes halogenated alkanes) is 1. The first-order chi connectivity index (χ1) is 10.1. The van der Waals surface area contributed by atoms with Crippen LogP contribution in [-0.2, 0) is 0 Å². The third kappa shape index (κ3) is 5.47. The van der Waals surface area contributed by atoms with Gasteiger partial charge in [0, 0.05) is 12.6 Å². The lowest BCUT2D eigenvalue weighted by atomic mass is 10.2. The minimum atomic E-state index is -0.314. The highest BCUT2D eigenvalue weighted by atomic mass is 32.1. The van der Waals surface area contributed by atoms with Crippen LogP contribution in [0.4, 0.5) is 0 Å². The molecule has 1 aromatic carbocycles. The van der Waals surface area contributed by atoms with Gasteiger partial charge in [0.25, 0.3) is 5.91 Å². The van der Waals surface area contributed by atoms with Crippen molar-refractivity contribution in [2.45, 2.75) is 19.8 Å². The fourth-order valence-corrected chi connectivity index (χ4v) is 1.55. The predicted molar refractivity (Wildman–Crippen MR) is 85.7 cm³/mol. The zero-order valence-corrected chi connectivity index (χ0v) is 13.3. The number of nitrogens with one attached hydrogen (secondary N) is 3. The van der Waals surface area contributed by atoms with Crippen LogP contribution >= 0.6 is 12.2 Å². The molecule has 0 aliphatic rings. The van der Waals surface area contributed by atoms with Crippen molar-refractivity contribution in [3.8, 4) is 11.5 Å². The minimum absolute atomic E-state index is 0.314. The molecule has 0 saturated heterocycles. The number of hydrogen-bond donors (Lipinski definition) is 3. The smallest absolute Gasteiger partial charge is 0.269 e. The largest absolute Gasteiger partial charge is 0.493 e. The number of hydrogen-bond acceptors (Lipinski definition) is 4. The van der Waals surface area contributed by atoms with Gasteiger partial charge in [-0.25, -0.2) is 0 Å². The van der Waals surface area contributed by atoms with Gasteiger partial charge in [0.2, 0.25) is 0 Å². The molecule has 0 heterocycles. The Labute approximate surface area is 130 Å². The highest BCUT2D eigenvalue weighted by molar-refractivity contribution is 7.80. The van der Waals surface area contributed by atoms with Crippen LogP contribution in [0.1, 0.15) is 30.1 Å². The Bertz CT molecular complexity index is 494.